The van der Waals surface area contributed by atoms with E-state index in [0.717, 1.165) is 31.0 Å². The maximum atomic E-state index is 10.6. The van der Waals surface area contributed by atoms with Crippen molar-refractivity contribution in [3.05, 3.63) is 17.5 Å². The molecule has 0 aliphatic rings. The van der Waals surface area contributed by atoms with E-state index in [1.807, 2.05) is 18.5 Å². The minimum atomic E-state index is -0.747. The normalized spacial score (nSPS) is 11.1. The summed E-state index contributed by atoms with van der Waals surface area (Å²) in [6.45, 7) is 9.12. The Balaban J connectivity index is 2.62. The Bertz CT molecular complexity index is 374. The Hall–Kier alpha value is -1.36. The lowest BCUT2D eigenvalue weighted by molar-refractivity contribution is -0.137. The Morgan fingerprint density at radius 1 is 1.53 bits per heavy atom. The van der Waals surface area contributed by atoms with Crippen molar-refractivity contribution < 1.29 is 9.90 Å². The van der Waals surface area contributed by atoms with Crippen LogP contribution < -0.4 is 0 Å². The smallest absolute Gasteiger partial charge is 0.304 e. The highest BCUT2D eigenvalue weighted by molar-refractivity contribution is 5.66. The van der Waals surface area contributed by atoms with Crippen LogP contribution in [-0.4, -0.2) is 38.8 Å². The maximum absolute atomic E-state index is 10.6. The molecular formula is C12H21N3O2. The van der Waals surface area contributed by atoms with Crippen LogP contribution in [0.5, 0.6) is 0 Å². The second-order valence-electron chi connectivity index (χ2n) is 4.11. The third kappa shape index (κ3) is 4.19. The molecule has 17 heavy (non-hydrogen) atoms. The minimum Gasteiger partial charge on any atom is -0.481 e. The maximum Gasteiger partial charge on any atom is 0.304 e. The van der Waals surface area contributed by atoms with Gasteiger partial charge in [0.2, 0.25) is 0 Å². The number of aryl methyl sites for hydroxylation is 2. The average Bonchev–Trinajstić information content (AvgIpc) is 2.64. The van der Waals surface area contributed by atoms with Crippen LogP contribution in [0.4, 0.5) is 0 Å². The minimum absolute atomic E-state index is 0.188. The molecule has 0 bridgehead atoms. The highest BCUT2D eigenvalue weighted by Gasteiger charge is 2.10. The molecular weight excluding hydrogens is 218 g/mol. The summed E-state index contributed by atoms with van der Waals surface area (Å²) in [5.74, 6) is -0.747. The van der Waals surface area contributed by atoms with Crippen molar-refractivity contribution in [3.63, 3.8) is 0 Å². The van der Waals surface area contributed by atoms with Crippen LogP contribution in [0.2, 0.25) is 0 Å². The molecule has 0 saturated carbocycles. The van der Waals surface area contributed by atoms with E-state index in [1.54, 1.807) is 0 Å². The lowest BCUT2D eigenvalue weighted by atomic mass is 10.3. The molecule has 0 spiro atoms. The zero-order chi connectivity index (χ0) is 12.8. The van der Waals surface area contributed by atoms with Gasteiger partial charge < -0.3 is 5.11 Å². The molecule has 0 radical (unpaired) electrons. The molecule has 0 aliphatic carbocycles. The van der Waals surface area contributed by atoms with Crippen molar-refractivity contribution in [2.75, 3.05) is 13.1 Å². The molecule has 0 aliphatic heterocycles. The number of nitrogens with zero attached hydrogens (tertiary/aromatic N) is 3. The summed E-state index contributed by atoms with van der Waals surface area (Å²) in [6.07, 6.45) is 0.188. The molecule has 96 valence electrons. The fourth-order valence-corrected chi connectivity index (χ4v) is 1.83. The number of aliphatic carboxylic acids is 1. The topological polar surface area (TPSA) is 58.4 Å². The predicted molar refractivity (Wildman–Crippen MR) is 65.8 cm³/mol. The number of rotatable bonds is 7. The summed E-state index contributed by atoms with van der Waals surface area (Å²) in [5.41, 5.74) is 2.16. The fourth-order valence-electron chi connectivity index (χ4n) is 1.83. The first kappa shape index (κ1) is 13.7. The second kappa shape index (κ2) is 6.39. The Morgan fingerprint density at radius 2 is 2.24 bits per heavy atom. The molecule has 1 heterocycles. The van der Waals surface area contributed by atoms with E-state index >= 15 is 0 Å². The van der Waals surface area contributed by atoms with Gasteiger partial charge in [-0.3, -0.25) is 14.4 Å². The zero-order valence-corrected chi connectivity index (χ0v) is 10.8. The SMILES string of the molecule is CCN(CCC(=O)O)Cc1cc(C)nn1CC. The van der Waals surface area contributed by atoms with Crippen molar-refractivity contribution in [3.8, 4) is 0 Å². The molecule has 0 fully saturated rings. The molecule has 0 unspecified atom stereocenters. The van der Waals surface area contributed by atoms with E-state index in [-0.39, 0.29) is 6.42 Å². The van der Waals surface area contributed by atoms with E-state index in [0.29, 0.717) is 6.54 Å². The summed E-state index contributed by atoms with van der Waals surface area (Å²) in [6, 6.07) is 2.06. The first-order valence-electron chi connectivity index (χ1n) is 6.04. The molecule has 1 N–H and O–H groups in total. The van der Waals surface area contributed by atoms with Gasteiger partial charge in [0, 0.05) is 19.6 Å². The van der Waals surface area contributed by atoms with Gasteiger partial charge in [-0.1, -0.05) is 6.92 Å². The lowest BCUT2D eigenvalue weighted by Crippen LogP contribution is -2.27. The van der Waals surface area contributed by atoms with Crippen molar-refractivity contribution >= 4 is 5.97 Å². The highest BCUT2D eigenvalue weighted by atomic mass is 16.4. The predicted octanol–water partition coefficient (Wildman–Crippen LogP) is 1.51. The summed E-state index contributed by atoms with van der Waals surface area (Å²) in [7, 11) is 0. The van der Waals surface area contributed by atoms with Gasteiger partial charge in [0.1, 0.15) is 0 Å². The van der Waals surface area contributed by atoms with Crippen molar-refractivity contribution in [1.82, 2.24) is 14.7 Å². The number of hydrogen-bond acceptors (Lipinski definition) is 3. The fraction of sp³-hybridized carbons (Fsp3) is 0.667. The standard InChI is InChI=1S/C12H21N3O2/c1-4-14(7-6-12(16)17)9-11-8-10(3)13-15(11)5-2/h8H,4-7,9H2,1-3H3,(H,16,17). The third-order valence-corrected chi connectivity index (χ3v) is 2.76. The molecule has 5 heteroatoms. The quantitative estimate of drug-likeness (QED) is 0.783. The van der Waals surface area contributed by atoms with Crippen LogP contribution >= 0.6 is 0 Å². The van der Waals surface area contributed by atoms with Gasteiger partial charge in [-0.2, -0.15) is 5.10 Å². The van der Waals surface area contributed by atoms with Crippen molar-refractivity contribution in [2.45, 2.75) is 40.3 Å². The van der Waals surface area contributed by atoms with Crippen LogP contribution in [0, 0.1) is 6.92 Å². The summed E-state index contributed by atoms with van der Waals surface area (Å²) in [4.78, 5) is 12.7. The van der Waals surface area contributed by atoms with Gasteiger partial charge in [0.15, 0.2) is 0 Å². The number of hydrogen-bond donors (Lipinski definition) is 1. The van der Waals surface area contributed by atoms with E-state index in [1.165, 1.54) is 0 Å². The molecule has 1 rings (SSSR count). The number of aromatic nitrogens is 2. The number of carbonyl (C=O) groups is 1. The van der Waals surface area contributed by atoms with Gasteiger partial charge in [0.05, 0.1) is 17.8 Å². The zero-order valence-electron chi connectivity index (χ0n) is 10.8. The highest BCUT2D eigenvalue weighted by Crippen LogP contribution is 2.08. The Kier molecular flexibility index (Phi) is 5.15. The second-order valence-corrected chi connectivity index (χ2v) is 4.11. The van der Waals surface area contributed by atoms with E-state index in [4.69, 9.17) is 5.11 Å². The lowest BCUT2D eigenvalue weighted by Gasteiger charge is -2.19. The molecule has 0 amide bonds. The third-order valence-electron chi connectivity index (χ3n) is 2.76. The van der Waals surface area contributed by atoms with E-state index < -0.39 is 5.97 Å². The molecule has 0 aromatic carbocycles. The number of carboxylic acid groups (broad SMARTS) is 1. The average molecular weight is 239 g/mol. The summed E-state index contributed by atoms with van der Waals surface area (Å²) in [5, 5.41) is 13.1. The van der Waals surface area contributed by atoms with Gasteiger partial charge in [0.25, 0.3) is 0 Å². The Labute approximate surface area is 102 Å². The first-order valence-corrected chi connectivity index (χ1v) is 6.04. The van der Waals surface area contributed by atoms with Gasteiger partial charge in [-0.05, 0) is 26.5 Å². The van der Waals surface area contributed by atoms with Crippen LogP contribution in [-0.2, 0) is 17.9 Å². The van der Waals surface area contributed by atoms with Crippen molar-refractivity contribution in [2.24, 2.45) is 0 Å². The summed E-state index contributed by atoms with van der Waals surface area (Å²) < 4.78 is 1.97. The monoisotopic (exact) mass is 239 g/mol. The van der Waals surface area contributed by atoms with Crippen LogP contribution in [0.25, 0.3) is 0 Å². The Morgan fingerprint density at radius 3 is 2.76 bits per heavy atom. The van der Waals surface area contributed by atoms with E-state index in [2.05, 4.69) is 23.0 Å². The molecule has 5 nitrogen and oxygen atoms in total. The van der Waals surface area contributed by atoms with Gasteiger partial charge >= 0.3 is 5.97 Å². The van der Waals surface area contributed by atoms with E-state index in [9.17, 15) is 4.79 Å². The van der Waals surface area contributed by atoms with Gasteiger partial charge in [-0.15, -0.1) is 0 Å². The molecule has 0 saturated heterocycles. The summed E-state index contributed by atoms with van der Waals surface area (Å²) >= 11 is 0. The molecule has 1 aromatic heterocycles. The van der Waals surface area contributed by atoms with Crippen molar-refractivity contribution in [1.29, 1.82) is 0 Å². The molecule has 0 atom stereocenters. The van der Waals surface area contributed by atoms with Crippen LogP contribution in [0.15, 0.2) is 6.07 Å². The van der Waals surface area contributed by atoms with Gasteiger partial charge in [-0.25, -0.2) is 0 Å². The largest absolute Gasteiger partial charge is 0.481 e. The van der Waals surface area contributed by atoms with Crippen LogP contribution in [0.3, 0.4) is 0 Å². The first-order chi connectivity index (χ1) is 8.06. The molecule has 1 aromatic rings. The number of carboxylic acids is 1. The van der Waals surface area contributed by atoms with Crippen LogP contribution in [0.1, 0.15) is 31.7 Å².